The number of halogens is 1. The number of benzene rings is 2. The highest BCUT2D eigenvalue weighted by Gasteiger charge is 2.31. The Labute approximate surface area is 155 Å². The van der Waals surface area contributed by atoms with E-state index in [1.807, 2.05) is 48.5 Å². The van der Waals surface area contributed by atoms with Gasteiger partial charge in [-0.15, -0.1) is 11.3 Å². The first-order valence-electron chi connectivity index (χ1n) is 7.97. The quantitative estimate of drug-likeness (QED) is 0.657. The summed E-state index contributed by atoms with van der Waals surface area (Å²) in [5, 5.41) is 5.85. The summed E-state index contributed by atoms with van der Waals surface area (Å²) in [6.07, 6.45) is 0.425. The van der Waals surface area contributed by atoms with Crippen LogP contribution in [0.5, 0.6) is 5.75 Å². The number of hydrogen-bond acceptors (Lipinski definition) is 3. The molecule has 0 aliphatic carbocycles. The van der Waals surface area contributed by atoms with Gasteiger partial charge in [0, 0.05) is 38.7 Å². The topological polar surface area (TPSA) is 38.3 Å². The molecule has 3 aromatic rings. The van der Waals surface area contributed by atoms with Crippen LogP contribution >= 0.6 is 22.9 Å². The molecule has 1 atom stereocenters. The van der Waals surface area contributed by atoms with Gasteiger partial charge in [-0.1, -0.05) is 41.9 Å². The third-order valence-electron chi connectivity index (χ3n) is 4.46. The van der Waals surface area contributed by atoms with Gasteiger partial charge < -0.3 is 10.1 Å². The highest BCUT2D eigenvalue weighted by Crippen LogP contribution is 2.48. The molecule has 0 radical (unpaired) electrons. The fourth-order valence-electron chi connectivity index (χ4n) is 3.27. The first-order chi connectivity index (χ1) is 12.2. The van der Waals surface area contributed by atoms with Crippen LogP contribution in [0.25, 0.3) is 11.1 Å². The third kappa shape index (κ3) is 2.92. The number of thiophene rings is 1. The molecule has 1 unspecified atom stereocenters. The molecule has 0 saturated heterocycles. The molecule has 2 heterocycles. The Morgan fingerprint density at radius 3 is 2.68 bits per heavy atom. The second kappa shape index (κ2) is 6.54. The van der Waals surface area contributed by atoms with Gasteiger partial charge in [0.2, 0.25) is 5.91 Å². The predicted octanol–water partition coefficient (Wildman–Crippen LogP) is 5.55. The Bertz CT molecular complexity index is 933. The number of amides is 1. The van der Waals surface area contributed by atoms with Crippen molar-refractivity contribution in [2.24, 2.45) is 0 Å². The molecule has 0 fully saturated rings. The van der Waals surface area contributed by atoms with Gasteiger partial charge in [-0.25, -0.2) is 0 Å². The average molecular weight is 370 g/mol. The Balaban J connectivity index is 1.83. The second-order valence-electron chi connectivity index (χ2n) is 5.94. The monoisotopic (exact) mass is 369 g/mol. The first-order valence-corrected chi connectivity index (χ1v) is 9.23. The van der Waals surface area contributed by atoms with Crippen molar-refractivity contribution in [3.63, 3.8) is 0 Å². The predicted molar refractivity (Wildman–Crippen MR) is 103 cm³/mol. The van der Waals surface area contributed by atoms with E-state index in [4.69, 9.17) is 16.3 Å². The van der Waals surface area contributed by atoms with Crippen LogP contribution in [0.2, 0.25) is 5.02 Å². The van der Waals surface area contributed by atoms with Gasteiger partial charge in [-0.05, 0) is 23.8 Å². The number of para-hydroxylation sites is 1. The van der Waals surface area contributed by atoms with E-state index in [-0.39, 0.29) is 11.8 Å². The molecule has 0 spiro atoms. The fraction of sp³-hybridized carbons (Fsp3) is 0.150. The van der Waals surface area contributed by atoms with Gasteiger partial charge in [-0.3, -0.25) is 4.79 Å². The largest absolute Gasteiger partial charge is 0.496 e. The molecule has 3 nitrogen and oxygen atoms in total. The molecule has 25 heavy (non-hydrogen) atoms. The molecular formula is C20H16ClNO2S. The number of fused-ring (bicyclic) bond motifs is 1. The Morgan fingerprint density at radius 2 is 1.92 bits per heavy atom. The zero-order valence-electron chi connectivity index (χ0n) is 13.6. The maximum Gasteiger partial charge on any atom is 0.225 e. The summed E-state index contributed by atoms with van der Waals surface area (Å²) in [4.78, 5) is 13.5. The molecule has 4 rings (SSSR count). The Kier molecular flexibility index (Phi) is 4.24. The van der Waals surface area contributed by atoms with Crippen molar-refractivity contribution in [2.45, 2.75) is 12.3 Å². The number of anilines is 1. The van der Waals surface area contributed by atoms with E-state index in [2.05, 4.69) is 10.7 Å². The molecule has 5 heteroatoms. The molecule has 1 N–H and O–H groups in total. The second-order valence-corrected chi connectivity index (χ2v) is 7.29. The lowest BCUT2D eigenvalue weighted by Gasteiger charge is -2.25. The number of carbonyl (C=O) groups excluding carboxylic acids is 1. The van der Waals surface area contributed by atoms with E-state index < -0.39 is 0 Å². The minimum Gasteiger partial charge on any atom is -0.496 e. The maximum absolute atomic E-state index is 12.4. The van der Waals surface area contributed by atoms with Crippen molar-refractivity contribution < 1.29 is 9.53 Å². The lowest BCUT2D eigenvalue weighted by atomic mass is 9.88. The standard InChI is InChI=1S/C20H16ClNO2S/c1-24-17-5-3-2-4-14(17)15-10-18(23)22-19-16(11-25-20(15)19)12-6-8-13(21)9-7-12/h2-9,11,15H,10H2,1H3,(H,22,23). The number of methoxy groups -OCH3 is 1. The third-order valence-corrected chi connectivity index (χ3v) is 5.81. The van der Waals surface area contributed by atoms with Crippen LogP contribution in [-0.2, 0) is 4.79 Å². The average Bonchev–Trinajstić information content (AvgIpc) is 3.05. The van der Waals surface area contributed by atoms with E-state index in [1.54, 1.807) is 18.4 Å². The van der Waals surface area contributed by atoms with Crippen LogP contribution in [0.3, 0.4) is 0 Å². The Hall–Kier alpha value is -2.30. The minimum atomic E-state index is 0.00551. The molecule has 0 bridgehead atoms. The summed E-state index contributed by atoms with van der Waals surface area (Å²) in [6, 6.07) is 15.6. The van der Waals surface area contributed by atoms with Crippen molar-refractivity contribution in [1.82, 2.24) is 0 Å². The zero-order chi connectivity index (χ0) is 17.4. The number of carbonyl (C=O) groups is 1. The van der Waals surface area contributed by atoms with Crippen LogP contribution in [-0.4, -0.2) is 13.0 Å². The number of nitrogens with one attached hydrogen (secondary N) is 1. The summed E-state index contributed by atoms with van der Waals surface area (Å²) in [7, 11) is 1.66. The molecular weight excluding hydrogens is 354 g/mol. The van der Waals surface area contributed by atoms with Gasteiger partial charge in [0.05, 0.1) is 12.8 Å². The van der Waals surface area contributed by atoms with Crippen LogP contribution in [0, 0.1) is 0 Å². The maximum atomic E-state index is 12.4. The SMILES string of the molecule is COc1ccccc1C1CC(=O)Nc2c(-c3ccc(Cl)cc3)csc21. The molecule has 1 amide bonds. The first kappa shape index (κ1) is 16.2. The summed E-state index contributed by atoms with van der Waals surface area (Å²) in [5.41, 5.74) is 4.03. The van der Waals surface area contributed by atoms with Crippen LogP contribution < -0.4 is 10.1 Å². The highest BCUT2D eigenvalue weighted by atomic mass is 35.5. The van der Waals surface area contributed by atoms with Crippen molar-refractivity contribution in [3.05, 3.63) is 69.4 Å². The normalized spacial score (nSPS) is 16.2. The lowest BCUT2D eigenvalue weighted by molar-refractivity contribution is -0.116. The molecule has 1 aliphatic rings. The molecule has 126 valence electrons. The van der Waals surface area contributed by atoms with Gasteiger partial charge in [0.15, 0.2) is 0 Å². The van der Waals surface area contributed by atoms with E-state index in [0.717, 1.165) is 33.0 Å². The van der Waals surface area contributed by atoms with E-state index in [0.29, 0.717) is 11.4 Å². The van der Waals surface area contributed by atoms with Crippen molar-refractivity contribution in [1.29, 1.82) is 0 Å². The molecule has 0 saturated carbocycles. The van der Waals surface area contributed by atoms with Crippen LogP contribution in [0.15, 0.2) is 53.9 Å². The van der Waals surface area contributed by atoms with Gasteiger partial charge in [-0.2, -0.15) is 0 Å². The van der Waals surface area contributed by atoms with Crippen LogP contribution in [0.4, 0.5) is 5.69 Å². The van der Waals surface area contributed by atoms with Crippen molar-refractivity contribution in [2.75, 3.05) is 12.4 Å². The zero-order valence-corrected chi connectivity index (χ0v) is 15.2. The van der Waals surface area contributed by atoms with E-state index in [9.17, 15) is 4.79 Å². The Morgan fingerprint density at radius 1 is 1.16 bits per heavy atom. The van der Waals surface area contributed by atoms with Gasteiger partial charge in [0.25, 0.3) is 0 Å². The smallest absolute Gasteiger partial charge is 0.225 e. The molecule has 1 aliphatic heterocycles. The van der Waals surface area contributed by atoms with E-state index >= 15 is 0 Å². The summed E-state index contributed by atoms with van der Waals surface area (Å²) < 4.78 is 5.51. The number of rotatable bonds is 3. The van der Waals surface area contributed by atoms with E-state index in [1.165, 1.54) is 0 Å². The van der Waals surface area contributed by atoms with Crippen LogP contribution in [0.1, 0.15) is 22.8 Å². The highest BCUT2D eigenvalue weighted by molar-refractivity contribution is 7.11. The molecule has 2 aromatic carbocycles. The summed E-state index contributed by atoms with van der Waals surface area (Å²) in [6.45, 7) is 0. The fourth-order valence-corrected chi connectivity index (χ4v) is 4.55. The number of hydrogen-bond donors (Lipinski definition) is 1. The molecule has 1 aromatic heterocycles. The lowest BCUT2D eigenvalue weighted by Crippen LogP contribution is -2.22. The van der Waals surface area contributed by atoms with Crippen molar-refractivity contribution in [3.8, 4) is 16.9 Å². The van der Waals surface area contributed by atoms with Gasteiger partial charge in [0.1, 0.15) is 5.75 Å². The van der Waals surface area contributed by atoms with Gasteiger partial charge >= 0.3 is 0 Å². The minimum absolute atomic E-state index is 0.00551. The summed E-state index contributed by atoms with van der Waals surface area (Å²) >= 11 is 7.67. The van der Waals surface area contributed by atoms with Crippen molar-refractivity contribution >= 4 is 34.5 Å². The number of ether oxygens (including phenoxy) is 1. The summed E-state index contributed by atoms with van der Waals surface area (Å²) in [5.74, 6) is 0.845.